The van der Waals surface area contributed by atoms with Crippen LogP contribution in [0.1, 0.15) is 33.9 Å². The maximum atomic E-state index is 12.9. The lowest BCUT2D eigenvalue weighted by Gasteiger charge is -2.31. The zero-order chi connectivity index (χ0) is 22.4. The quantitative estimate of drug-likeness (QED) is 0.584. The van der Waals surface area contributed by atoms with Gasteiger partial charge in [0.1, 0.15) is 11.3 Å². The van der Waals surface area contributed by atoms with Gasteiger partial charge in [0.15, 0.2) is 0 Å². The van der Waals surface area contributed by atoms with E-state index in [-0.39, 0.29) is 43.7 Å². The van der Waals surface area contributed by atoms with Crippen molar-refractivity contribution in [2.75, 3.05) is 38.6 Å². The SMILES string of the molecule is Cc1nc(N)nc(C)c1CCC(=O)N1CCOC[C@@](O)(CNC(=O)c2ccccn2)C1. The Morgan fingerprint density at radius 1 is 1.29 bits per heavy atom. The molecule has 4 N–H and O–H groups in total. The highest BCUT2D eigenvalue weighted by Crippen LogP contribution is 2.17. The van der Waals surface area contributed by atoms with Crippen LogP contribution in [-0.2, 0) is 16.0 Å². The molecule has 3 heterocycles. The van der Waals surface area contributed by atoms with Crippen LogP contribution in [0, 0.1) is 13.8 Å². The second-order valence-electron chi connectivity index (χ2n) is 7.72. The monoisotopic (exact) mass is 428 g/mol. The highest BCUT2D eigenvalue weighted by molar-refractivity contribution is 5.92. The molecule has 0 bridgehead atoms. The predicted molar refractivity (Wildman–Crippen MR) is 113 cm³/mol. The van der Waals surface area contributed by atoms with Gasteiger partial charge < -0.3 is 25.8 Å². The zero-order valence-corrected chi connectivity index (χ0v) is 17.8. The standard InChI is InChI=1S/C21H28N6O4/c1-14-16(15(2)26-20(22)25-14)6-7-18(28)27-9-10-31-13-21(30,12-27)11-24-19(29)17-5-3-4-8-23-17/h3-5,8,30H,6-7,9-13H2,1-2H3,(H,24,29)(H2,22,25,26)/t21-/m1/s1. The molecule has 166 valence electrons. The van der Waals surface area contributed by atoms with E-state index < -0.39 is 11.5 Å². The van der Waals surface area contributed by atoms with Gasteiger partial charge in [0, 0.05) is 30.6 Å². The number of hydrogen-bond donors (Lipinski definition) is 3. The van der Waals surface area contributed by atoms with Crippen molar-refractivity contribution in [1.29, 1.82) is 0 Å². The van der Waals surface area contributed by atoms with Crippen molar-refractivity contribution in [2.24, 2.45) is 0 Å². The van der Waals surface area contributed by atoms with E-state index in [1.807, 2.05) is 13.8 Å². The fourth-order valence-electron chi connectivity index (χ4n) is 3.59. The molecule has 10 nitrogen and oxygen atoms in total. The molecular weight excluding hydrogens is 400 g/mol. The van der Waals surface area contributed by atoms with E-state index in [1.54, 1.807) is 23.1 Å². The number of β-amino-alcohol motifs (C(OH)–C–C–N with tert-alkyl or cyclic N) is 1. The van der Waals surface area contributed by atoms with Crippen LogP contribution in [0.3, 0.4) is 0 Å². The molecule has 31 heavy (non-hydrogen) atoms. The number of anilines is 1. The van der Waals surface area contributed by atoms with Gasteiger partial charge in [-0.15, -0.1) is 0 Å². The average Bonchev–Trinajstić information content (AvgIpc) is 2.94. The minimum Gasteiger partial charge on any atom is -0.384 e. The van der Waals surface area contributed by atoms with Crippen molar-refractivity contribution in [2.45, 2.75) is 32.3 Å². The average molecular weight is 428 g/mol. The van der Waals surface area contributed by atoms with Crippen molar-refractivity contribution in [3.8, 4) is 0 Å². The number of carbonyl (C=O) groups is 2. The first-order chi connectivity index (χ1) is 14.8. The Labute approximate surface area is 180 Å². The number of carbonyl (C=O) groups excluding carboxylic acids is 2. The molecule has 1 aliphatic rings. The van der Waals surface area contributed by atoms with E-state index >= 15 is 0 Å². The predicted octanol–water partition coefficient (Wildman–Crippen LogP) is 0.0231. The Morgan fingerprint density at radius 3 is 2.71 bits per heavy atom. The molecule has 2 amide bonds. The van der Waals surface area contributed by atoms with Crippen LogP contribution in [0.5, 0.6) is 0 Å². The van der Waals surface area contributed by atoms with Crippen LogP contribution in [0.4, 0.5) is 5.95 Å². The van der Waals surface area contributed by atoms with Crippen molar-refractivity contribution in [1.82, 2.24) is 25.2 Å². The molecular formula is C21H28N6O4. The highest BCUT2D eigenvalue weighted by atomic mass is 16.5. The molecule has 0 radical (unpaired) electrons. The number of nitrogens with two attached hydrogens (primary N) is 1. The molecule has 0 aromatic carbocycles. The number of ether oxygens (including phenoxy) is 1. The van der Waals surface area contributed by atoms with Gasteiger partial charge in [0.25, 0.3) is 5.91 Å². The van der Waals surface area contributed by atoms with Crippen molar-refractivity contribution >= 4 is 17.8 Å². The summed E-state index contributed by atoms with van der Waals surface area (Å²) in [5.41, 5.74) is 6.93. The number of aliphatic hydroxyl groups is 1. The summed E-state index contributed by atoms with van der Waals surface area (Å²) in [4.78, 5) is 39.0. The normalized spacial score (nSPS) is 19.0. The summed E-state index contributed by atoms with van der Waals surface area (Å²) in [6.45, 7) is 4.38. The first kappa shape index (κ1) is 22.6. The van der Waals surface area contributed by atoms with E-state index in [2.05, 4.69) is 20.3 Å². The van der Waals surface area contributed by atoms with Crippen LogP contribution in [0.2, 0.25) is 0 Å². The largest absolute Gasteiger partial charge is 0.384 e. The summed E-state index contributed by atoms with van der Waals surface area (Å²) in [5.74, 6) is -0.298. The minimum atomic E-state index is -1.40. The number of pyridine rings is 1. The number of nitrogens with zero attached hydrogens (tertiary/aromatic N) is 4. The Morgan fingerprint density at radius 2 is 2.03 bits per heavy atom. The number of nitrogen functional groups attached to an aromatic ring is 1. The van der Waals surface area contributed by atoms with Crippen molar-refractivity contribution in [3.63, 3.8) is 0 Å². The van der Waals surface area contributed by atoms with E-state index in [4.69, 9.17) is 10.5 Å². The van der Waals surface area contributed by atoms with Gasteiger partial charge in [0.05, 0.1) is 26.3 Å². The van der Waals surface area contributed by atoms with Gasteiger partial charge >= 0.3 is 0 Å². The Hall–Kier alpha value is -3.11. The number of amides is 2. The lowest BCUT2D eigenvalue weighted by molar-refractivity contribution is -0.133. The van der Waals surface area contributed by atoms with Crippen molar-refractivity contribution in [3.05, 3.63) is 47.0 Å². The number of aryl methyl sites for hydroxylation is 2. The summed E-state index contributed by atoms with van der Waals surface area (Å²) in [6.07, 6.45) is 2.24. The van der Waals surface area contributed by atoms with Crippen LogP contribution in [0.15, 0.2) is 24.4 Å². The molecule has 0 saturated carbocycles. The third-order valence-electron chi connectivity index (χ3n) is 5.22. The number of hydrogen-bond acceptors (Lipinski definition) is 8. The van der Waals surface area contributed by atoms with Gasteiger partial charge in [-0.05, 0) is 38.0 Å². The summed E-state index contributed by atoms with van der Waals surface area (Å²) < 4.78 is 5.50. The van der Waals surface area contributed by atoms with Gasteiger partial charge in [-0.25, -0.2) is 9.97 Å². The van der Waals surface area contributed by atoms with Gasteiger partial charge in [-0.3, -0.25) is 14.6 Å². The van der Waals surface area contributed by atoms with Crippen LogP contribution < -0.4 is 11.1 Å². The zero-order valence-electron chi connectivity index (χ0n) is 17.8. The number of rotatable bonds is 6. The summed E-state index contributed by atoms with van der Waals surface area (Å²) in [6, 6.07) is 5.01. The fourth-order valence-corrected chi connectivity index (χ4v) is 3.59. The van der Waals surface area contributed by atoms with Gasteiger partial charge in [-0.1, -0.05) is 6.07 Å². The first-order valence-corrected chi connectivity index (χ1v) is 10.1. The molecule has 1 atom stereocenters. The second-order valence-corrected chi connectivity index (χ2v) is 7.72. The molecule has 0 aliphatic carbocycles. The van der Waals surface area contributed by atoms with Crippen LogP contribution >= 0.6 is 0 Å². The number of aromatic nitrogens is 3. The van der Waals surface area contributed by atoms with Gasteiger partial charge in [-0.2, -0.15) is 0 Å². The molecule has 3 rings (SSSR count). The molecule has 1 aliphatic heterocycles. The summed E-state index contributed by atoms with van der Waals surface area (Å²) in [5, 5.41) is 13.7. The van der Waals surface area contributed by atoms with E-state index in [0.29, 0.717) is 19.6 Å². The van der Waals surface area contributed by atoms with E-state index in [1.165, 1.54) is 6.20 Å². The van der Waals surface area contributed by atoms with Crippen LogP contribution in [0.25, 0.3) is 0 Å². The van der Waals surface area contributed by atoms with Gasteiger partial charge in [0.2, 0.25) is 11.9 Å². The topological polar surface area (TPSA) is 144 Å². The van der Waals surface area contributed by atoms with Crippen LogP contribution in [-0.4, -0.2) is 75.2 Å². The van der Waals surface area contributed by atoms with Crippen molar-refractivity contribution < 1.29 is 19.4 Å². The Bertz CT molecular complexity index is 916. The molecule has 0 spiro atoms. The molecule has 0 unspecified atom stereocenters. The Kier molecular flexibility index (Phi) is 7.13. The molecule has 10 heteroatoms. The van der Waals surface area contributed by atoms with E-state index in [0.717, 1.165) is 17.0 Å². The minimum absolute atomic E-state index is 0.0172. The molecule has 2 aromatic rings. The first-order valence-electron chi connectivity index (χ1n) is 10.1. The lowest BCUT2D eigenvalue weighted by Crippen LogP contribution is -2.53. The molecule has 2 aromatic heterocycles. The summed E-state index contributed by atoms with van der Waals surface area (Å²) in [7, 11) is 0. The number of nitrogens with one attached hydrogen (secondary N) is 1. The third-order valence-corrected chi connectivity index (χ3v) is 5.22. The molecule has 1 fully saturated rings. The maximum Gasteiger partial charge on any atom is 0.269 e. The fraction of sp³-hybridized carbons (Fsp3) is 0.476. The smallest absolute Gasteiger partial charge is 0.269 e. The lowest BCUT2D eigenvalue weighted by atomic mass is 10.0. The maximum absolute atomic E-state index is 12.9. The van der Waals surface area contributed by atoms with E-state index in [9.17, 15) is 14.7 Å². The highest BCUT2D eigenvalue weighted by Gasteiger charge is 2.35. The second kappa shape index (κ2) is 9.80. The Balaban J connectivity index is 1.60. The molecule has 1 saturated heterocycles. The summed E-state index contributed by atoms with van der Waals surface area (Å²) >= 11 is 0. The third kappa shape index (κ3) is 5.96.